The number of piperazine rings is 1. The van der Waals surface area contributed by atoms with E-state index < -0.39 is 0 Å². The minimum absolute atomic E-state index is 0.322. The number of hydrogen-bond acceptors (Lipinski definition) is 3. The zero-order chi connectivity index (χ0) is 11.4. The van der Waals surface area contributed by atoms with E-state index in [0.717, 1.165) is 38.2 Å². The first-order valence-corrected chi connectivity index (χ1v) is 6.05. The molecule has 1 aromatic rings. The smallest absolute Gasteiger partial charge is 0.0787 e. The molecule has 88 valence electrons. The fourth-order valence-corrected chi connectivity index (χ4v) is 2.07. The molecule has 3 heteroatoms. The Labute approximate surface area is 97.1 Å². The van der Waals surface area contributed by atoms with Crippen molar-refractivity contribution in [1.29, 1.82) is 0 Å². The monoisotopic (exact) mass is 220 g/mol. The number of benzene rings is 1. The molecule has 0 spiro atoms. The van der Waals surface area contributed by atoms with Crippen molar-refractivity contribution in [3.05, 3.63) is 29.8 Å². The molecule has 2 rings (SSSR count). The van der Waals surface area contributed by atoms with Crippen LogP contribution in [0.4, 0.5) is 5.69 Å². The number of nitrogens with zero attached hydrogens (tertiary/aromatic N) is 1. The van der Waals surface area contributed by atoms with Crippen LogP contribution in [0.15, 0.2) is 24.3 Å². The lowest BCUT2D eigenvalue weighted by Crippen LogP contribution is -2.43. The molecule has 1 aliphatic heterocycles. The van der Waals surface area contributed by atoms with Gasteiger partial charge in [-0.25, -0.2) is 0 Å². The molecule has 0 radical (unpaired) electrons. The summed E-state index contributed by atoms with van der Waals surface area (Å²) in [5.74, 6) is 0. The Morgan fingerprint density at radius 2 is 1.88 bits per heavy atom. The lowest BCUT2D eigenvalue weighted by Gasteiger charge is -2.29. The number of aliphatic hydroxyl groups excluding tert-OH is 1. The fourth-order valence-electron chi connectivity index (χ4n) is 2.07. The average molecular weight is 220 g/mol. The molecule has 0 aromatic heterocycles. The normalized spacial score (nSPS) is 18.5. The van der Waals surface area contributed by atoms with Gasteiger partial charge in [0.1, 0.15) is 0 Å². The van der Waals surface area contributed by atoms with E-state index in [1.54, 1.807) is 0 Å². The summed E-state index contributed by atoms with van der Waals surface area (Å²) in [6.07, 6.45) is 0.449. The maximum atomic E-state index is 9.71. The number of hydrogen-bond donors (Lipinski definition) is 2. The Morgan fingerprint density at radius 1 is 1.25 bits per heavy atom. The van der Waals surface area contributed by atoms with Crippen molar-refractivity contribution in [3.63, 3.8) is 0 Å². The Morgan fingerprint density at radius 3 is 2.44 bits per heavy atom. The van der Waals surface area contributed by atoms with Gasteiger partial charge in [-0.2, -0.15) is 0 Å². The lowest BCUT2D eigenvalue weighted by molar-refractivity contribution is 0.173. The number of rotatable bonds is 3. The SMILES string of the molecule is CCC(O)c1ccc(N2CCNCC2)cc1. The number of nitrogens with one attached hydrogen (secondary N) is 1. The van der Waals surface area contributed by atoms with Crippen molar-refractivity contribution >= 4 is 5.69 Å². The van der Waals surface area contributed by atoms with E-state index in [2.05, 4.69) is 22.3 Å². The fraction of sp³-hybridized carbons (Fsp3) is 0.538. The van der Waals surface area contributed by atoms with E-state index >= 15 is 0 Å². The summed E-state index contributed by atoms with van der Waals surface area (Å²) in [7, 11) is 0. The van der Waals surface area contributed by atoms with Crippen molar-refractivity contribution in [2.75, 3.05) is 31.1 Å². The maximum absolute atomic E-state index is 9.71. The Kier molecular flexibility index (Phi) is 3.80. The second-order valence-electron chi connectivity index (χ2n) is 4.25. The van der Waals surface area contributed by atoms with E-state index in [0.29, 0.717) is 0 Å². The standard InChI is InChI=1S/C13H20N2O/c1-2-13(16)11-3-5-12(6-4-11)15-9-7-14-8-10-15/h3-6,13-14,16H,2,7-10H2,1H3. The topological polar surface area (TPSA) is 35.5 Å². The predicted molar refractivity (Wildman–Crippen MR) is 66.8 cm³/mol. The second-order valence-corrected chi connectivity index (χ2v) is 4.25. The molecule has 0 aliphatic carbocycles. The van der Waals surface area contributed by atoms with Crippen molar-refractivity contribution in [1.82, 2.24) is 5.32 Å². The van der Waals surface area contributed by atoms with Gasteiger partial charge >= 0.3 is 0 Å². The molecule has 1 fully saturated rings. The Bertz CT molecular complexity index is 317. The van der Waals surface area contributed by atoms with Crippen molar-refractivity contribution in [2.24, 2.45) is 0 Å². The molecule has 0 amide bonds. The molecule has 2 N–H and O–H groups in total. The predicted octanol–water partition coefficient (Wildman–Crippen LogP) is 1.54. The molecule has 1 unspecified atom stereocenters. The van der Waals surface area contributed by atoms with E-state index in [1.807, 2.05) is 19.1 Å². The second kappa shape index (κ2) is 5.32. The van der Waals surface area contributed by atoms with Gasteiger partial charge in [0, 0.05) is 31.9 Å². The average Bonchev–Trinajstić information content (AvgIpc) is 2.39. The first kappa shape index (κ1) is 11.4. The van der Waals surface area contributed by atoms with Crippen LogP contribution in [-0.4, -0.2) is 31.3 Å². The number of aliphatic hydroxyl groups is 1. The highest BCUT2D eigenvalue weighted by atomic mass is 16.3. The van der Waals surface area contributed by atoms with Gasteiger partial charge in [0.25, 0.3) is 0 Å². The molecule has 0 bridgehead atoms. The molecule has 1 aliphatic rings. The van der Waals surface area contributed by atoms with Crippen LogP contribution in [-0.2, 0) is 0 Å². The van der Waals surface area contributed by atoms with E-state index in [9.17, 15) is 5.11 Å². The zero-order valence-corrected chi connectivity index (χ0v) is 9.82. The summed E-state index contributed by atoms with van der Waals surface area (Å²) in [5, 5.41) is 13.0. The minimum Gasteiger partial charge on any atom is -0.388 e. The summed E-state index contributed by atoms with van der Waals surface area (Å²) >= 11 is 0. The summed E-state index contributed by atoms with van der Waals surface area (Å²) < 4.78 is 0. The molecule has 1 atom stereocenters. The third kappa shape index (κ3) is 2.54. The molecule has 0 saturated carbocycles. The van der Waals surface area contributed by atoms with E-state index in [-0.39, 0.29) is 6.10 Å². The van der Waals surface area contributed by atoms with Crippen LogP contribution >= 0.6 is 0 Å². The Balaban J connectivity index is 2.06. The van der Waals surface area contributed by atoms with Crippen molar-refractivity contribution in [2.45, 2.75) is 19.4 Å². The molecule has 1 heterocycles. The van der Waals surface area contributed by atoms with E-state index in [4.69, 9.17) is 0 Å². The highest BCUT2D eigenvalue weighted by Gasteiger charge is 2.11. The quantitative estimate of drug-likeness (QED) is 0.811. The third-order valence-corrected chi connectivity index (χ3v) is 3.15. The van der Waals surface area contributed by atoms with Gasteiger partial charge in [-0.1, -0.05) is 19.1 Å². The first-order valence-electron chi connectivity index (χ1n) is 6.05. The summed E-state index contributed by atoms with van der Waals surface area (Å²) in [4.78, 5) is 2.37. The molecular formula is C13H20N2O. The minimum atomic E-state index is -0.322. The van der Waals surface area contributed by atoms with Gasteiger partial charge in [-0.15, -0.1) is 0 Å². The van der Waals surface area contributed by atoms with Gasteiger partial charge in [0.15, 0.2) is 0 Å². The largest absolute Gasteiger partial charge is 0.388 e. The van der Waals surface area contributed by atoms with Crippen LogP contribution in [0.1, 0.15) is 25.0 Å². The van der Waals surface area contributed by atoms with Crippen LogP contribution in [0.3, 0.4) is 0 Å². The van der Waals surface area contributed by atoms with E-state index in [1.165, 1.54) is 5.69 Å². The van der Waals surface area contributed by atoms with Crippen molar-refractivity contribution in [3.8, 4) is 0 Å². The van der Waals surface area contributed by atoms with Gasteiger partial charge in [0.2, 0.25) is 0 Å². The highest BCUT2D eigenvalue weighted by Crippen LogP contribution is 2.21. The summed E-state index contributed by atoms with van der Waals surface area (Å²) in [6, 6.07) is 8.29. The number of anilines is 1. The lowest BCUT2D eigenvalue weighted by atomic mass is 10.1. The zero-order valence-electron chi connectivity index (χ0n) is 9.82. The van der Waals surface area contributed by atoms with Gasteiger partial charge in [-0.3, -0.25) is 0 Å². The van der Waals surface area contributed by atoms with Gasteiger partial charge in [0.05, 0.1) is 6.10 Å². The maximum Gasteiger partial charge on any atom is 0.0787 e. The summed E-state index contributed by atoms with van der Waals surface area (Å²) in [6.45, 7) is 6.24. The molecular weight excluding hydrogens is 200 g/mol. The van der Waals surface area contributed by atoms with Crippen molar-refractivity contribution < 1.29 is 5.11 Å². The highest BCUT2D eigenvalue weighted by molar-refractivity contribution is 5.48. The van der Waals surface area contributed by atoms with Crippen LogP contribution in [0.25, 0.3) is 0 Å². The van der Waals surface area contributed by atoms with Gasteiger partial charge < -0.3 is 15.3 Å². The molecule has 1 saturated heterocycles. The third-order valence-electron chi connectivity index (χ3n) is 3.15. The van der Waals surface area contributed by atoms with Gasteiger partial charge in [-0.05, 0) is 24.1 Å². The molecule has 1 aromatic carbocycles. The van der Waals surface area contributed by atoms with Crippen LogP contribution in [0.2, 0.25) is 0 Å². The first-order chi connectivity index (χ1) is 7.81. The molecule has 3 nitrogen and oxygen atoms in total. The van der Waals surface area contributed by atoms with Crippen LogP contribution in [0, 0.1) is 0 Å². The molecule has 16 heavy (non-hydrogen) atoms. The van der Waals surface area contributed by atoms with Crippen LogP contribution < -0.4 is 10.2 Å². The summed E-state index contributed by atoms with van der Waals surface area (Å²) in [5.41, 5.74) is 2.27. The Hall–Kier alpha value is -1.06. The van der Waals surface area contributed by atoms with Crippen LogP contribution in [0.5, 0.6) is 0 Å².